The van der Waals surface area contributed by atoms with Crippen molar-refractivity contribution in [3.8, 4) is 0 Å². The fraction of sp³-hybridized carbons (Fsp3) is 0.238. The molecule has 2 aromatic rings. The summed E-state index contributed by atoms with van der Waals surface area (Å²) in [5.74, 6) is 0.402. The summed E-state index contributed by atoms with van der Waals surface area (Å²) >= 11 is 0. The van der Waals surface area contributed by atoms with Crippen LogP contribution >= 0.6 is 0 Å². The van der Waals surface area contributed by atoms with Crippen LogP contribution < -0.4 is 0 Å². The van der Waals surface area contributed by atoms with E-state index in [0.29, 0.717) is 5.92 Å². The minimum absolute atomic E-state index is 0. The molecule has 23 heavy (non-hydrogen) atoms. The van der Waals surface area contributed by atoms with Gasteiger partial charge in [-0.05, 0) is 17.7 Å². The van der Waals surface area contributed by atoms with Gasteiger partial charge in [-0.3, -0.25) is 4.90 Å². The zero-order chi connectivity index (χ0) is 15.8. The number of likely N-dealkylation sites (tertiary alicyclic amines) is 1. The number of hydrogen-bond acceptors (Lipinski definition) is 1. The summed E-state index contributed by atoms with van der Waals surface area (Å²) in [6.07, 6.45) is 2.29. The van der Waals surface area contributed by atoms with Crippen molar-refractivity contribution in [2.75, 3.05) is 13.1 Å². The Bertz CT molecular complexity index is 577. The normalized spacial score (nSPS) is 18.9. The fourth-order valence-corrected chi connectivity index (χ4v) is 2.77. The Balaban J connectivity index is 0.000000849. The van der Waals surface area contributed by atoms with Crippen LogP contribution in [0.5, 0.6) is 0 Å². The van der Waals surface area contributed by atoms with Gasteiger partial charge in [0, 0.05) is 13.1 Å². The van der Waals surface area contributed by atoms with Crippen molar-refractivity contribution >= 4 is 6.08 Å². The zero-order valence-electron chi connectivity index (χ0n) is 14.1. The summed E-state index contributed by atoms with van der Waals surface area (Å²) in [4.78, 5) is 2.47. The van der Waals surface area contributed by atoms with Gasteiger partial charge in [0.05, 0.1) is 0 Å². The van der Waals surface area contributed by atoms with Crippen LogP contribution in [0.3, 0.4) is 0 Å². The number of rotatable bonds is 3. The van der Waals surface area contributed by atoms with Crippen molar-refractivity contribution < 1.29 is 19.5 Å². The van der Waals surface area contributed by atoms with E-state index in [0.717, 1.165) is 19.6 Å². The van der Waals surface area contributed by atoms with Crippen LogP contribution in [0.25, 0.3) is 6.08 Å². The first-order valence-electron chi connectivity index (χ1n) is 7.87. The van der Waals surface area contributed by atoms with Crippen molar-refractivity contribution in [3.63, 3.8) is 0 Å². The maximum absolute atomic E-state index is 4.30. The largest absolute Gasteiger partial charge is 2.00 e. The first-order valence-corrected chi connectivity index (χ1v) is 7.87. The molecule has 0 N–H and O–H groups in total. The number of hydrogen-bond donors (Lipinski definition) is 0. The van der Waals surface area contributed by atoms with Gasteiger partial charge in [-0.25, -0.2) is 0 Å². The van der Waals surface area contributed by atoms with E-state index in [1.807, 2.05) is 0 Å². The predicted molar refractivity (Wildman–Crippen MR) is 96.0 cm³/mol. The summed E-state index contributed by atoms with van der Waals surface area (Å²) in [7, 11) is 0. The number of nitrogens with zero attached hydrogens (tertiary/aromatic N) is 1. The van der Waals surface area contributed by atoms with Gasteiger partial charge in [-0.2, -0.15) is 6.92 Å². The van der Waals surface area contributed by atoms with Gasteiger partial charge in [0.2, 0.25) is 0 Å². The molecule has 1 atom stereocenters. The van der Waals surface area contributed by atoms with Crippen molar-refractivity contribution in [1.82, 2.24) is 4.90 Å². The Morgan fingerprint density at radius 2 is 1.57 bits per heavy atom. The quantitative estimate of drug-likeness (QED) is 0.560. The Morgan fingerprint density at radius 3 is 2.17 bits per heavy atom. The zero-order valence-corrected chi connectivity index (χ0v) is 17.1. The van der Waals surface area contributed by atoms with E-state index in [4.69, 9.17) is 0 Å². The third kappa shape index (κ3) is 6.05. The summed E-state index contributed by atoms with van der Waals surface area (Å²) in [6.45, 7) is 12.4. The van der Waals surface area contributed by atoms with E-state index >= 15 is 0 Å². The molecule has 1 nitrogen and oxygen atoms in total. The maximum atomic E-state index is 4.30. The molecule has 2 heteroatoms. The molecule has 1 saturated heterocycles. The van der Waals surface area contributed by atoms with Crippen LogP contribution in [0.2, 0.25) is 0 Å². The van der Waals surface area contributed by atoms with Gasteiger partial charge in [0.25, 0.3) is 0 Å². The molecule has 1 heterocycles. The molecule has 1 unspecified atom stereocenters. The van der Waals surface area contributed by atoms with Crippen LogP contribution in [0.1, 0.15) is 18.1 Å². The Morgan fingerprint density at radius 1 is 1.00 bits per heavy atom. The molecule has 0 bridgehead atoms. The van der Waals surface area contributed by atoms with Gasteiger partial charge >= 0.3 is 19.5 Å². The van der Waals surface area contributed by atoms with Crippen LogP contribution in [0.15, 0.2) is 66.2 Å². The number of benzene rings is 2. The third-order valence-electron chi connectivity index (χ3n) is 3.81. The fourth-order valence-electron chi connectivity index (χ4n) is 2.77. The predicted octanol–water partition coefficient (Wildman–Crippen LogP) is 4.87. The second kappa shape index (κ2) is 10.5. The van der Waals surface area contributed by atoms with Crippen molar-refractivity contribution in [3.05, 3.63) is 91.2 Å². The van der Waals surface area contributed by atoms with Crippen LogP contribution in [0, 0.1) is 19.8 Å². The van der Waals surface area contributed by atoms with Crippen LogP contribution in [-0.2, 0) is 26.0 Å². The first kappa shape index (κ1) is 19.8. The smallest absolute Gasteiger partial charge is 0.346 e. The molecule has 1 aliphatic rings. The summed E-state index contributed by atoms with van der Waals surface area (Å²) in [5.41, 5.74) is 4.09. The van der Waals surface area contributed by atoms with Gasteiger partial charge in [-0.15, -0.1) is 5.92 Å². The molecule has 0 spiro atoms. The second-order valence-electron chi connectivity index (χ2n) is 5.48. The van der Waals surface area contributed by atoms with E-state index in [1.165, 1.54) is 16.7 Å². The Labute approximate surface area is 154 Å². The van der Waals surface area contributed by atoms with Crippen molar-refractivity contribution in [1.29, 1.82) is 0 Å². The van der Waals surface area contributed by atoms with E-state index in [9.17, 15) is 0 Å². The SMILES string of the molecule is [CH2-]C.[CH2-]C1CN(Cc2ccccc2)C/C1=C\c1ccccc1.[Zn+2]. The van der Waals surface area contributed by atoms with E-state index in [-0.39, 0.29) is 19.5 Å². The summed E-state index contributed by atoms with van der Waals surface area (Å²) < 4.78 is 0. The minimum Gasteiger partial charge on any atom is -0.346 e. The minimum atomic E-state index is 0. The van der Waals surface area contributed by atoms with Gasteiger partial charge < -0.3 is 13.8 Å². The Kier molecular flexibility index (Phi) is 9.06. The average molecular weight is 357 g/mol. The molecular formula is C21H25NZn. The molecule has 0 amide bonds. The molecule has 3 rings (SSSR count). The van der Waals surface area contributed by atoms with Crippen LogP contribution in [-0.4, -0.2) is 18.0 Å². The van der Waals surface area contributed by atoms with Gasteiger partial charge in [0.1, 0.15) is 0 Å². The molecule has 0 saturated carbocycles. The van der Waals surface area contributed by atoms with E-state index < -0.39 is 0 Å². The van der Waals surface area contributed by atoms with Gasteiger partial charge in [0.15, 0.2) is 0 Å². The topological polar surface area (TPSA) is 3.24 Å². The molecular weight excluding hydrogens is 332 g/mol. The van der Waals surface area contributed by atoms with Gasteiger partial charge in [-0.1, -0.05) is 72.3 Å². The van der Waals surface area contributed by atoms with E-state index in [1.54, 1.807) is 6.92 Å². The van der Waals surface area contributed by atoms with Crippen molar-refractivity contribution in [2.24, 2.45) is 5.92 Å². The molecule has 116 valence electrons. The molecule has 2 aromatic carbocycles. The average Bonchev–Trinajstić information content (AvgIpc) is 2.91. The van der Waals surface area contributed by atoms with E-state index in [2.05, 4.69) is 85.5 Å². The second-order valence-corrected chi connectivity index (χ2v) is 5.48. The monoisotopic (exact) mass is 355 g/mol. The Hall–Kier alpha value is -1.24. The van der Waals surface area contributed by atoms with Crippen LogP contribution in [0.4, 0.5) is 0 Å². The third-order valence-corrected chi connectivity index (χ3v) is 3.81. The molecule has 0 aliphatic carbocycles. The molecule has 0 aromatic heterocycles. The summed E-state index contributed by atoms with van der Waals surface area (Å²) in [5, 5.41) is 0. The summed E-state index contributed by atoms with van der Waals surface area (Å²) in [6, 6.07) is 21.2. The first-order chi connectivity index (χ1) is 10.8. The molecule has 0 radical (unpaired) electrons. The molecule has 1 fully saturated rings. The maximum Gasteiger partial charge on any atom is 2.00 e. The molecule has 1 aliphatic heterocycles. The van der Waals surface area contributed by atoms with Crippen molar-refractivity contribution in [2.45, 2.75) is 13.5 Å². The standard InChI is InChI=1S/C19H20N.C2H5.Zn/c1-16-13-20(14-18-10-6-3-7-11-18)15-19(16)12-17-8-4-2-5-9-17;1-2;/h2-12,16H,1,13-15H2;1H2,2H3;/q2*-1;+2/b19-12+;;.